The van der Waals surface area contributed by atoms with Gasteiger partial charge in [-0.25, -0.2) is 9.13 Å². The molecule has 0 spiro atoms. The summed E-state index contributed by atoms with van der Waals surface area (Å²) in [6, 6.07) is 0. The third-order valence-electron chi connectivity index (χ3n) is 16.5. The van der Waals surface area contributed by atoms with E-state index in [-0.39, 0.29) is 25.7 Å². The highest BCUT2D eigenvalue weighted by Gasteiger charge is 2.30. The summed E-state index contributed by atoms with van der Waals surface area (Å²) in [5, 5.41) is 10.7. The largest absolute Gasteiger partial charge is 0.472 e. The van der Waals surface area contributed by atoms with Crippen LogP contribution in [0.3, 0.4) is 0 Å². The van der Waals surface area contributed by atoms with Gasteiger partial charge in [0.2, 0.25) is 0 Å². The first-order chi connectivity index (χ1) is 53.7. The lowest BCUT2D eigenvalue weighted by Gasteiger charge is -2.21. The van der Waals surface area contributed by atoms with Gasteiger partial charge in [0.1, 0.15) is 19.3 Å². The number of hydrogen-bond acceptors (Lipinski definition) is 15. The summed E-state index contributed by atoms with van der Waals surface area (Å²) in [6.45, 7) is 4.36. The number of aliphatic hydroxyl groups excluding tert-OH is 1. The molecule has 0 bridgehead atoms. The molecule has 19 heteroatoms. The SMILES string of the molecule is CC/C=C\C/C=C\C/C=C\C/C=C\C/C=C\C/C=C\CCC(=O)OCC(COP(=O)(O)OCC(O)COP(=O)(O)OCC(COC(=O)CCCCC/C=C\C/C=C\C/C=C\C/C=C\C/C=C\CC)OC(=O)CCCCCCC/C=C\CCCCCC)OC(=O)CCCCCCCC/C=C\C/C=C\C/C=C\C/C=C\CC. The Balaban J connectivity index is 5.50. The molecule has 110 heavy (non-hydrogen) atoms. The summed E-state index contributed by atoms with van der Waals surface area (Å²) in [7, 11) is -10.0. The van der Waals surface area contributed by atoms with E-state index in [1.807, 2.05) is 18.2 Å². The van der Waals surface area contributed by atoms with Crippen LogP contribution in [-0.2, 0) is 65.4 Å². The summed E-state index contributed by atoms with van der Waals surface area (Å²) in [4.78, 5) is 73.2. The molecule has 5 atom stereocenters. The van der Waals surface area contributed by atoms with Crippen LogP contribution in [0.1, 0.15) is 297 Å². The van der Waals surface area contributed by atoms with Gasteiger partial charge < -0.3 is 33.8 Å². The summed E-state index contributed by atoms with van der Waals surface area (Å²) in [6.07, 6.45) is 99.8. The Hall–Kier alpha value is -6.10. The van der Waals surface area contributed by atoms with Crippen molar-refractivity contribution in [3.63, 3.8) is 0 Å². The van der Waals surface area contributed by atoms with E-state index in [0.29, 0.717) is 32.1 Å². The summed E-state index contributed by atoms with van der Waals surface area (Å²) in [5.41, 5.74) is 0. The lowest BCUT2D eigenvalue weighted by Crippen LogP contribution is -2.30. The quantitative estimate of drug-likeness (QED) is 0.0169. The Labute approximate surface area is 666 Å². The van der Waals surface area contributed by atoms with Crippen LogP contribution in [-0.4, -0.2) is 96.7 Å². The molecular formula is C91H146O17P2. The maximum absolute atomic E-state index is 13.1. The van der Waals surface area contributed by atoms with E-state index in [0.717, 1.165) is 186 Å². The van der Waals surface area contributed by atoms with E-state index >= 15 is 0 Å². The molecule has 0 saturated heterocycles. The Morgan fingerprint density at radius 2 is 0.491 bits per heavy atom. The molecule has 0 aliphatic heterocycles. The van der Waals surface area contributed by atoms with Gasteiger partial charge in [-0.1, -0.05) is 293 Å². The van der Waals surface area contributed by atoms with Crippen molar-refractivity contribution in [1.29, 1.82) is 0 Å². The number of carbonyl (C=O) groups excluding carboxylic acids is 4. The van der Waals surface area contributed by atoms with Crippen LogP contribution >= 0.6 is 15.6 Å². The molecule has 0 saturated carbocycles. The third kappa shape index (κ3) is 80.0. The molecule has 0 aromatic heterocycles. The molecule has 5 unspecified atom stereocenters. The van der Waals surface area contributed by atoms with Gasteiger partial charge in [-0.2, -0.15) is 0 Å². The molecule has 17 nitrogen and oxygen atoms in total. The molecule has 3 N–H and O–H groups in total. The van der Waals surface area contributed by atoms with Crippen LogP contribution in [0.2, 0.25) is 0 Å². The fourth-order valence-corrected chi connectivity index (χ4v) is 11.9. The van der Waals surface area contributed by atoms with E-state index in [1.165, 1.54) is 25.7 Å². The van der Waals surface area contributed by atoms with Crippen molar-refractivity contribution in [3.05, 3.63) is 194 Å². The first kappa shape index (κ1) is 104. The minimum Gasteiger partial charge on any atom is -0.462 e. The predicted molar refractivity (Wildman–Crippen MR) is 454 cm³/mol. The number of allylic oxidation sites excluding steroid dienone is 32. The Kier molecular flexibility index (Phi) is 76.4. The molecule has 0 radical (unpaired) electrons. The third-order valence-corrected chi connectivity index (χ3v) is 18.4. The number of aliphatic hydroxyl groups is 1. The van der Waals surface area contributed by atoms with Gasteiger partial charge in [-0.15, -0.1) is 0 Å². The number of phosphoric acid groups is 2. The Bertz CT molecular complexity index is 2850. The molecule has 622 valence electrons. The van der Waals surface area contributed by atoms with E-state index in [9.17, 15) is 43.2 Å². The van der Waals surface area contributed by atoms with Crippen molar-refractivity contribution >= 4 is 39.5 Å². The van der Waals surface area contributed by atoms with Crippen LogP contribution in [0, 0.1) is 0 Å². The average molecular weight is 1570 g/mol. The first-order valence-electron chi connectivity index (χ1n) is 41.7. The van der Waals surface area contributed by atoms with Gasteiger partial charge in [0, 0.05) is 25.7 Å². The first-order valence-corrected chi connectivity index (χ1v) is 44.7. The Morgan fingerprint density at radius 1 is 0.264 bits per heavy atom. The maximum atomic E-state index is 13.1. The number of esters is 4. The van der Waals surface area contributed by atoms with Crippen LogP contribution in [0.15, 0.2) is 194 Å². The van der Waals surface area contributed by atoms with Gasteiger partial charge in [0.15, 0.2) is 12.2 Å². The highest BCUT2D eigenvalue weighted by molar-refractivity contribution is 7.47. The minimum absolute atomic E-state index is 0.0247. The van der Waals surface area contributed by atoms with E-state index in [1.54, 1.807) is 0 Å². The van der Waals surface area contributed by atoms with Gasteiger partial charge in [-0.05, 0) is 173 Å². The fourth-order valence-electron chi connectivity index (χ4n) is 10.3. The van der Waals surface area contributed by atoms with Crippen molar-refractivity contribution in [1.82, 2.24) is 0 Å². The molecule has 0 aromatic carbocycles. The molecule has 0 rings (SSSR count). The van der Waals surface area contributed by atoms with Gasteiger partial charge in [0.25, 0.3) is 0 Å². The standard InChI is InChI=1S/C91H146O17P2/c1-5-9-13-17-21-25-29-33-36-39-42-45-48-52-55-59-63-67-71-75-88(93)101-81-86(107-90(95)77-73-69-65-61-57-51-32-28-24-20-16-12-8-4)83-105-109(97,98)103-79-85(92)80-104-110(99,100)106-84-87(108-91(96)78-74-70-66-62-58-54-50-47-44-41-38-35-31-27-23-19-15-11-7-3)82-102-89(94)76-72-68-64-60-56-53-49-46-43-40-37-34-30-26-22-18-14-10-6-2/h9-11,13-15,21-23,25-28,32-38,42-47,52-53,55-56,64,68,85-87,92H,5-8,12,16-20,24,29-31,39-41,48-51,54,57-63,65-67,69-84H2,1-4H3,(H,97,98)(H,99,100)/b13-9-,14-10-,15-11-,25-21-,26-22-,27-23-,32-28-,36-33-,37-34-,38-35-,45-42-,46-43-,47-44-,55-52-,56-53-,68-64-. The zero-order valence-corrected chi connectivity index (χ0v) is 69.9. The van der Waals surface area contributed by atoms with Crippen molar-refractivity contribution in [2.75, 3.05) is 39.6 Å². The maximum Gasteiger partial charge on any atom is 0.472 e. The highest BCUT2D eigenvalue weighted by Crippen LogP contribution is 2.45. The fraction of sp³-hybridized carbons (Fsp3) is 0.604. The van der Waals surface area contributed by atoms with Gasteiger partial charge in [0.05, 0.1) is 26.4 Å². The zero-order valence-electron chi connectivity index (χ0n) is 68.1. The topological polar surface area (TPSA) is 237 Å². The molecule has 0 fully saturated rings. The molecular weight excluding hydrogens is 1430 g/mol. The van der Waals surface area contributed by atoms with Crippen LogP contribution in [0.4, 0.5) is 0 Å². The van der Waals surface area contributed by atoms with E-state index in [4.69, 9.17) is 37.0 Å². The molecule has 0 aliphatic rings. The normalized spacial score (nSPS) is 14.8. The van der Waals surface area contributed by atoms with Crippen molar-refractivity contribution in [3.8, 4) is 0 Å². The monoisotopic (exact) mass is 1570 g/mol. The van der Waals surface area contributed by atoms with Gasteiger partial charge >= 0.3 is 39.5 Å². The minimum atomic E-state index is -5.01. The van der Waals surface area contributed by atoms with Gasteiger partial charge in [-0.3, -0.25) is 37.3 Å². The number of carbonyl (C=O) groups is 4. The molecule has 0 heterocycles. The highest BCUT2D eigenvalue weighted by atomic mass is 31.2. The number of rotatable bonds is 76. The number of phosphoric ester groups is 2. The van der Waals surface area contributed by atoms with Crippen molar-refractivity contribution in [2.45, 2.75) is 316 Å². The second-order valence-electron chi connectivity index (χ2n) is 26.9. The summed E-state index contributed by atoms with van der Waals surface area (Å²) >= 11 is 0. The van der Waals surface area contributed by atoms with E-state index < -0.39 is 97.5 Å². The summed E-state index contributed by atoms with van der Waals surface area (Å²) in [5.74, 6) is -2.35. The number of unbranched alkanes of at least 4 members (excludes halogenated alkanes) is 18. The van der Waals surface area contributed by atoms with Crippen LogP contribution < -0.4 is 0 Å². The second kappa shape index (κ2) is 80.9. The second-order valence-corrected chi connectivity index (χ2v) is 29.8. The number of hydrogen-bond donors (Lipinski definition) is 3. The van der Waals surface area contributed by atoms with Crippen LogP contribution in [0.25, 0.3) is 0 Å². The summed E-state index contributed by atoms with van der Waals surface area (Å²) < 4.78 is 68.6. The smallest absolute Gasteiger partial charge is 0.462 e. The zero-order chi connectivity index (χ0) is 80.3. The predicted octanol–water partition coefficient (Wildman–Crippen LogP) is 24.9. The average Bonchev–Trinajstić information content (AvgIpc) is 0.900. The van der Waals surface area contributed by atoms with E-state index in [2.05, 4.69) is 204 Å². The molecule has 0 amide bonds. The van der Waals surface area contributed by atoms with Crippen molar-refractivity contribution in [2.24, 2.45) is 0 Å². The molecule has 0 aliphatic carbocycles. The lowest BCUT2D eigenvalue weighted by molar-refractivity contribution is -0.161. The van der Waals surface area contributed by atoms with Crippen molar-refractivity contribution < 1.29 is 80.2 Å². The number of ether oxygens (including phenoxy) is 4. The Morgan fingerprint density at radius 3 is 0.800 bits per heavy atom. The lowest BCUT2D eigenvalue weighted by atomic mass is 10.1. The molecule has 0 aromatic rings. The van der Waals surface area contributed by atoms with Crippen LogP contribution in [0.5, 0.6) is 0 Å².